The number of oxime groups is 1. The van der Waals surface area contributed by atoms with Crippen molar-refractivity contribution >= 4 is 11.5 Å². The Morgan fingerprint density at radius 3 is 2.50 bits per heavy atom. The van der Waals surface area contributed by atoms with Crippen molar-refractivity contribution in [1.29, 1.82) is 0 Å². The Labute approximate surface area is 114 Å². The SMILES string of the molecule is N/C(=N\O)c1ccc(Oc2cccc([N+](=O)[O-])c2)cc1. The summed E-state index contributed by atoms with van der Waals surface area (Å²) in [5, 5.41) is 22.1. The number of benzene rings is 2. The van der Waals surface area contributed by atoms with Gasteiger partial charge in [-0.3, -0.25) is 10.1 Å². The summed E-state index contributed by atoms with van der Waals surface area (Å²) in [6.45, 7) is 0. The molecule has 2 aromatic rings. The highest BCUT2D eigenvalue weighted by molar-refractivity contribution is 5.97. The summed E-state index contributed by atoms with van der Waals surface area (Å²) in [6.07, 6.45) is 0. The van der Waals surface area contributed by atoms with E-state index in [0.717, 1.165) is 0 Å². The molecule has 0 aromatic heterocycles. The lowest BCUT2D eigenvalue weighted by molar-refractivity contribution is -0.384. The number of nitrogens with zero attached hydrogens (tertiary/aromatic N) is 2. The third kappa shape index (κ3) is 3.02. The van der Waals surface area contributed by atoms with Gasteiger partial charge in [-0.25, -0.2) is 0 Å². The standard InChI is InChI=1S/C13H11N3O4/c14-13(15-17)9-4-6-11(7-5-9)20-12-3-1-2-10(8-12)16(18)19/h1-8,17H,(H2,14,15). The summed E-state index contributed by atoms with van der Waals surface area (Å²) >= 11 is 0. The summed E-state index contributed by atoms with van der Waals surface area (Å²) in [5.41, 5.74) is 5.93. The van der Waals surface area contributed by atoms with Crippen LogP contribution in [-0.2, 0) is 0 Å². The van der Waals surface area contributed by atoms with Crippen LogP contribution in [0.2, 0.25) is 0 Å². The maximum atomic E-state index is 10.7. The number of nitrogens with two attached hydrogens (primary N) is 1. The lowest BCUT2D eigenvalue weighted by Gasteiger charge is -2.06. The number of nitro benzene ring substituents is 1. The van der Waals surface area contributed by atoms with Gasteiger partial charge in [0.2, 0.25) is 0 Å². The van der Waals surface area contributed by atoms with Gasteiger partial charge in [0, 0.05) is 11.6 Å². The van der Waals surface area contributed by atoms with Crippen LogP contribution < -0.4 is 10.5 Å². The van der Waals surface area contributed by atoms with Gasteiger partial charge in [0.05, 0.1) is 11.0 Å². The third-order valence-corrected chi connectivity index (χ3v) is 2.52. The molecular formula is C13H11N3O4. The molecule has 7 heteroatoms. The van der Waals surface area contributed by atoms with Crippen LogP contribution in [-0.4, -0.2) is 16.0 Å². The van der Waals surface area contributed by atoms with E-state index in [4.69, 9.17) is 15.7 Å². The summed E-state index contributed by atoms with van der Waals surface area (Å²) in [7, 11) is 0. The second-order valence-electron chi connectivity index (χ2n) is 3.87. The first-order valence-corrected chi connectivity index (χ1v) is 5.60. The summed E-state index contributed by atoms with van der Waals surface area (Å²) in [4.78, 5) is 10.2. The van der Waals surface area contributed by atoms with Crippen LogP contribution in [0.15, 0.2) is 53.7 Å². The maximum Gasteiger partial charge on any atom is 0.273 e. The molecule has 0 amide bonds. The predicted octanol–water partition coefficient (Wildman–Crippen LogP) is 2.48. The number of rotatable bonds is 4. The van der Waals surface area contributed by atoms with E-state index in [-0.39, 0.29) is 11.5 Å². The Hall–Kier alpha value is -3.09. The van der Waals surface area contributed by atoms with Gasteiger partial charge in [-0.2, -0.15) is 0 Å². The molecule has 0 bridgehead atoms. The van der Waals surface area contributed by atoms with Crippen molar-refractivity contribution in [2.75, 3.05) is 0 Å². The fourth-order valence-electron chi connectivity index (χ4n) is 1.55. The quantitative estimate of drug-likeness (QED) is 0.292. The molecule has 0 saturated carbocycles. The van der Waals surface area contributed by atoms with E-state index < -0.39 is 4.92 Å². The zero-order valence-corrected chi connectivity index (χ0v) is 10.3. The average Bonchev–Trinajstić information content (AvgIpc) is 2.47. The number of ether oxygens (including phenoxy) is 1. The molecule has 0 fully saturated rings. The molecule has 0 saturated heterocycles. The highest BCUT2D eigenvalue weighted by atomic mass is 16.6. The Kier molecular flexibility index (Phi) is 3.80. The fourth-order valence-corrected chi connectivity index (χ4v) is 1.55. The van der Waals surface area contributed by atoms with E-state index in [1.807, 2.05) is 0 Å². The van der Waals surface area contributed by atoms with Crippen LogP contribution in [0.1, 0.15) is 5.56 Å². The molecule has 102 valence electrons. The summed E-state index contributed by atoms with van der Waals surface area (Å²) < 4.78 is 5.49. The molecule has 0 heterocycles. The molecule has 0 aliphatic carbocycles. The maximum absolute atomic E-state index is 10.7. The smallest absolute Gasteiger partial charge is 0.273 e. The normalized spacial score (nSPS) is 11.1. The van der Waals surface area contributed by atoms with Crippen LogP contribution in [0.5, 0.6) is 11.5 Å². The minimum absolute atomic E-state index is 0.00750. The topological polar surface area (TPSA) is 111 Å². The third-order valence-electron chi connectivity index (χ3n) is 2.52. The van der Waals surface area contributed by atoms with Crippen molar-refractivity contribution in [3.8, 4) is 11.5 Å². The number of hydrogen-bond donors (Lipinski definition) is 2. The van der Waals surface area contributed by atoms with Gasteiger partial charge in [-0.1, -0.05) is 11.2 Å². The zero-order chi connectivity index (χ0) is 14.5. The van der Waals surface area contributed by atoms with Gasteiger partial charge < -0.3 is 15.7 Å². The number of non-ortho nitro benzene ring substituents is 1. The monoisotopic (exact) mass is 273 g/mol. The first kappa shape index (κ1) is 13.3. The van der Waals surface area contributed by atoms with Gasteiger partial charge in [-0.15, -0.1) is 0 Å². The Morgan fingerprint density at radius 1 is 1.20 bits per heavy atom. The lowest BCUT2D eigenvalue weighted by atomic mass is 10.2. The fraction of sp³-hybridized carbons (Fsp3) is 0. The molecule has 20 heavy (non-hydrogen) atoms. The molecule has 0 unspecified atom stereocenters. The molecule has 7 nitrogen and oxygen atoms in total. The van der Waals surface area contributed by atoms with E-state index >= 15 is 0 Å². The Morgan fingerprint density at radius 2 is 1.90 bits per heavy atom. The first-order chi connectivity index (χ1) is 9.60. The van der Waals surface area contributed by atoms with Crippen LogP contribution in [0.25, 0.3) is 0 Å². The lowest BCUT2D eigenvalue weighted by Crippen LogP contribution is -2.12. The Bertz CT molecular complexity index is 653. The summed E-state index contributed by atoms with van der Waals surface area (Å²) in [5.74, 6) is 0.836. The van der Waals surface area contributed by atoms with Gasteiger partial charge in [0.15, 0.2) is 5.84 Å². The van der Waals surface area contributed by atoms with Crippen molar-refractivity contribution in [2.24, 2.45) is 10.9 Å². The largest absolute Gasteiger partial charge is 0.457 e. The Balaban J connectivity index is 2.18. The van der Waals surface area contributed by atoms with E-state index in [2.05, 4.69) is 5.16 Å². The highest BCUT2D eigenvalue weighted by Gasteiger charge is 2.07. The molecule has 0 aliphatic heterocycles. The molecular weight excluding hydrogens is 262 g/mol. The van der Waals surface area contributed by atoms with Crippen LogP contribution >= 0.6 is 0 Å². The second kappa shape index (κ2) is 5.70. The molecule has 3 N–H and O–H groups in total. The van der Waals surface area contributed by atoms with E-state index in [1.54, 1.807) is 30.3 Å². The molecule has 0 radical (unpaired) electrons. The second-order valence-corrected chi connectivity index (χ2v) is 3.87. The van der Waals surface area contributed by atoms with E-state index in [9.17, 15) is 10.1 Å². The van der Waals surface area contributed by atoms with Gasteiger partial charge in [0.25, 0.3) is 5.69 Å². The predicted molar refractivity (Wildman–Crippen MR) is 72.1 cm³/mol. The van der Waals surface area contributed by atoms with Crippen molar-refractivity contribution in [3.63, 3.8) is 0 Å². The van der Waals surface area contributed by atoms with Crippen LogP contribution in [0, 0.1) is 10.1 Å². The van der Waals surface area contributed by atoms with Crippen LogP contribution in [0.3, 0.4) is 0 Å². The molecule has 2 aromatic carbocycles. The van der Waals surface area contributed by atoms with Gasteiger partial charge in [0.1, 0.15) is 11.5 Å². The number of amidine groups is 1. The van der Waals surface area contributed by atoms with Crippen molar-refractivity contribution in [2.45, 2.75) is 0 Å². The van der Waals surface area contributed by atoms with Gasteiger partial charge >= 0.3 is 0 Å². The number of hydrogen-bond acceptors (Lipinski definition) is 5. The highest BCUT2D eigenvalue weighted by Crippen LogP contribution is 2.25. The average molecular weight is 273 g/mol. The molecule has 0 aliphatic rings. The van der Waals surface area contributed by atoms with Gasteiger partial charge in [-0.05, 0) is 30.3 Å². The summed E-state index contributed by atoms with van der Waals surface area (Å²) in [6, 6.07) is 12.3. The van der Waals surface area contributed by atoms with Crippen LogP contribution in [0.4, 0.5) is 5.69 Å². The van der Waals surface area contributed by atoms with Crippen molar-refractivity contribution in [1.82, 2.24) is 0 Å². The molecule has 0 spiro atoms. The minimum atomic E-state index is -0.492. The van der Waals surface area contributed by atoms with E-state index in [0.29, 0.717) is 17.1 Å². The number of nitro groups is 1. The van der Waals surface area contributed by atoms with Crippen molar-refractivity contribution < 1.29 is 14.9 Å². The van der Waals surface area contributed by atoms with Crippen molar-refractivity contribution in [3.05, 3.63) is 64.2 Å². The molecule has 0 atom stereocenters. The molecule has 2 rings (SSSR count). The first-order valence-electron chi connectivity index (χ1n) is 5.60. The zero-order valence-electron chi connectivity index (χ0n) is 10.3. The van der Waals surface area contributed by atoms with E-state index in [1.165, 1.54) is 18.2 Å². The minimum Gasteiger partial charge on any atom is -0.457 e.